The monoisotopic (exact) mass is 449 g/mol. The van der Waals surface area contributed by atoms with Crippen LogP contribution in [0.1, 0.15) is 18.4 Å². The first kappa shape index (κ1) is 22.3. The fraction of sp³-hybridized carbons (Fsp3) is 0.350. The molecule has 10 heteroatoms. The van der Waals surface area contributed by atoms with Gasteiger partial charge < -0.3 is 5.32 Å². The number of hydrogen-bond acceptors (Lipinski definition) is 6. The van der Waals surface area contributed by atoms with Gasteiger partial charge in [0.1, 0.15) is 0 Å². The molecule has 1 amide bonds. The largest absolute Gasteiger partial charge is 0.325 e. The Balaban J connectivity index is 1.64. The highest BCUT2D eigenvalue weighted by Gasteiger charge is 2.32. The molecule has 160 valence electrons. The van der Waals surface area contributed by atoms with Crippen LogP contribution >= 0.6 is 11.8 Å². The van der Waals surface area contributed by atoms with E-state index in [4.69, 9.17) is 0 Å². The Kier molecular flexibility index (Phi) is 6.79. The van der Waals surface area contributed by atoms with Gasteiger partial charge in [0.25, 0.3) is 5.69 Å². The van der Waals surface area contributed by atoms with Crippen LogP contribution in [0.25, 0.3) is 0 Å². The van der Waals surface area contributed by atoms with E-state index >= 15 is 0 Å². The Hall–Kier alpha value is -2.43. The second-order valence-electron chi connectivity index (χ2n) is 7.05. The second-order valence-corrected chi connectivity index (χ2v) is 9.87. The number of carbonyl (C=O) groups excluding carboxylic acids is 1. The van der Waals surface area contributed by atoms with Crippen LogP contribution in [0.5, 0.6) is 0 Å². The number of nitro benzene ring substituents is 1. The van der Waals surface area contributed by atoms with Crippen molar-refractivity contribution in [3.8, 4) is 0 Å². The van der Waals surface area contributed by atoms with Crippen molar-refractivity contribution in [2.75, 3.05) is 24.7 Å². The number of carbonyl (C=O) groups is 1. The van der Waals surface area contributed by atoms with Crippen LogP contribution in [0, 0.1) is 23.0 Å². The fourth-order valence-electron chi connectivity index (χ4n) is 3.45. The maximum atomic E-state index is 12.9. The fourth-order valence-corrected chi connectivity index (χ4v) is 5.32. The lowest BCUT2D eigenvalue weighted by atomic mass is 9.97. The van der Waals surface area contributed by atoms with Gasteiger partial charge in [-0.15, -0.1) is 11.8 Å². The number of nitrogens with zero attached hydrogens (tertiary/aromatic N) is 2. The third-order valence-electron chi connectivity index (χ3n) is 5.28. The van der Waals surface area contributed by atoms with E-state index < -0.39 is 14.9 Å². The van der Waals surface area contributed by atoms with Crippen molar-refractivity contribution >= 4 is 39.1 Å². The minimum absolute atomic E-state index is 0.0544. The number of amides is 1. The van der Waals surface area contributed by atoms with Gasteiger partial charge in [0.15, 0.2) is 0 Å². The third kappa shape index (κ3) is 4.66. The number of thioether (sulfide) groups is 1. The van der Waals surface area contributed by atoms with E-state index in [9.17, 15) is 23.3 Å². The Labute approximate surface area is 179 Å². The number of nitrogens with one attached hydrogen (secondary N) is 1. The summed E-state index contributed by atoms with van der Waals surface area (Å²) in [5, 5.41) is 13.8. The van der Waals surface area contributed by atoms with E-state index in [1.165, 1.54) is 16.4 Å². The number of rotatable bonds is 6. The van der Waals surface area contributed by atoms with Gasteiger partial charge in [-0.2, -0.15) is 4.31 Å². The Bertz CT molecular complexity index is 1050. The summed E-state index contributed by atoms with van der Waals surface area (Å²) < 4.78 is 27.1. The first-order valence-corrected chi connectivity index (χ1v) is 12.1. The van der Waals surface area contributed by atoms with Crippen molar-refractivity contribution in [1.82, 2.24) is 4.31 Å². The van der Waals surface area contributed by atoms with Gasteiger partial charge in [-0.1, -0.05) is 6.07 Å². The lowest BCUT2D eigenvalue weighted by Crippen LogP contribution is -2.41. The zero-order chi connectivity index (χ0) is 21.9. The molecule has 0 spiro atoms. The Morgan fingerprint density at radius 3 is 2.37 bits per heavy atom. The Morgan fingerprint density at radius 2 is 1.80 bits per heavy atom. The molecule has 1 heterocycles. The van der Waals surface area contributed by atoms with Gasteiger partial charge in [0, 0.05) is 30.0 Å². The van der Waals surface area contributed by atoms with Crippen LogP contribution in [-0.4, -0.2) is 42.9 Å². The van der Waals surface area contributed by atoms with Gasteiger partial charge in [0.05, 0.1) is 21.1 Å². The van der Waals surface area contributed by atoms with Crippen LogP contribution in [0.15, 0.2) is 52.3 Å². The molecule has 0 atom stereocenters. The lowest BCUT2D eigenvalue weighted by molar-refractivity contribution is -0.385. The molecule has 1 fully saturated rings. The van der Waals surface area contributed by atoms with E-state index in [2.05, 4.69) is 5.32 Å². The number of hydrogen-bond donors (Lipinski definition) is 1. The van der Waals surface area contributed by atoms with Crippen LogP contribution in [-0.2, 0) is 14.8 Å². The van der Waals surface area contributed by atoms with E-state index in [1.807, 2.05) is 6.26 Å². The molecule has 0 aromatic heterocycles. The number of piperidine rings is 1. The van der Waals surface area contributed by atoms with Crippen molar-refractivity contribution in [2.24, 2.45) is 5.92 Å². The van der Waals surface area contributed by atoms with Crippen LogP contribution in [0.4, 0.5) is 11.4 Å². The summed E-state index contributed by atoms with van der Waals surface area (Å²) in [6, 6.07) is 11.3. The van der Waals surface area contributed by atoms with E-state index in [0.29, 0.717) is 24.1 Å². The van der Waals surface area contributed by atoms with Crippen LogP contribution in [0.3, 0.4) is 0 Å². The highest BCUT2D eigenvalue weighted by Crippen LogP contribution is 2.28. The zero-order valence-electron chi connectivity index (χ0n) is 16.7. The molecule has 0 unspecified atom stereocenters. The quantitative estimate of drug-likeness (QED) is 0.409. The van der Waals surface area contributed by atoms with Gasteiger partial charge in [-0.05, 0) is 56.4 Å². The average Bonchev–Trinajstić information content (AvgIpc) is 2.75. The van der Waals surface area contributed by atoms with Crippen LogP contribution < -0.4 is 5.32 Å². The highest BCUT2D eigenvalue weighted by molar-refractivity contribution is 7.98. The van der Waals surface area contributed by atoms with Crippen LogP contribution in [0.2, 0.25) is 0 Å². The third-order valence-corrected chi connectivity index (χ3v) is 7.94. The minimum Gasteiger partial charge on any atom is -0.325 e. The van der Waals surface area contributed by atoms with E-state index in [-0.39, 0.29) is 35.5 Å². The maximum absolute atomic E-state index is 12.9. The molecule has 0 saturated carbocycles. The summed E-state index contributed by atoms with van der Waals surface area (Å²) in [7, 11) is -3.60. The SMILES string of the molecule is CSc1ccc(S(=O)(=O)N2CCC(C(=O)Nc3cccc([N+](=O)[O-])c3C)CC2)cc1. The second kappa shape index (κ2) is 9.15. The molecule has 2 aromatic carbocycles. The van der Waals surface area contributed by atoms with Crippen molar-refractivity contribution < 1.29 is 18.1 Å². The number of anilines is 1. The number of sulfonamides is 1. The van der Waals surface area contributed by atoms with Crippen molar-refractivity contribution in [3.63, 3.8) is 0 Å². The van der Waals surface area contributed by atoms with Gasteiger partial charge >= 0.3 is 0 Å². The summed E-state index contributed by atoms with van der Waals surface area (Å²) in [6.45, 7) is 2.09. The first-order valence-electron chi connectivity index (χ1n) is 9.43. The normalized spacial score (nSPS) is 15.7. The minimum atomic E-state index is -3.60. The zero-order valence-corrected chi connectivity index (χ0v) is 18.3. The molecule has 8 nitrogen and oxygen atoms in total. The molecular formula is C20H23N3O5S2. The molecule has 0 bridgehead atoms. The molecule has 0 aliphatic carbocycles. The standard InChI is InChI=1S/C20H23N3O5S2/c1-14-18(4-3-5-19(14)23(25)26)21-20(24)15-10-12-22(13-11-15)30(27,28)17-8-6-16(29-2)7-9-17/h3-9,15H,10-13H2,1-2H3,(H,21,24). The summed E-state index contributed by atoms with van der Waals surface area (Å²) >= 11 is 1.54. The summed E-state index contributed by atoms with van der Waals surface area (Å²) in [5.41, 5.74) is 0.740. The van der Waals surface area contributed by atoms with Crippen molar-refractivity contribution in [1.29, 1.82) is 0 Å². The van der Waals surface area contributed by atoms with Gasteiger partial charge in [0.2, 0.25) is 15.9 Å². The highest BCUT2D eigenvalue weighted by atomic mass is 32.2. The van der Waals surface area contributed by atoms with Crippen molar-refractivity contribution in [2.45, 2.75) is 29.6 Å². The van der Waals surface area contributed by atoms with Gasteiger partial charge in [-0.3, -0.25) is 14.9 Å². The summed E-state index contributed by atoms with van der Waals surface area (Å²) in [5.74, 6) is -0.603. The molecule has 2 aromatic rings. The summed E-state index contributed by atoms with van der Waals surface area (Å²) in [6.07, 6.45) is 2.71. The number of benzene rings is 2. The maximum Gasteiger partial charge on any atom is 0.274 e. The first-order chi connectivity index (χ1) is 14.2. The molecule has 1 aliphatic heterocycles. The average molecular weight is 450 g/mol. The molecule has 30 heavy (non-hydrogen) atoms. The molecule has 0 radical (unpaired) electrons. The topological polar surface area (TPSA) is 110 Å². The predicted octanol–water partition coefficient (Wildman–Crippen LogP) is 3.66. The molecule has 1 N–H and O–H groups in total. The lowest BCUT2D eigenvalue weighted by Gasteiger charge is -2.30. The van der Waals surface area contributed by atoms with E-state index in [1.54, 1.807) is 49.0 Å². The summed E-state index contributed by atoms with van der Waals surface area (Å²) in [4.78, 5) is 24.5. The molecular weight excluding hydrogens is 426 g/mol. The number of nitro groups is 1. The van der Waals surface area contributed by atoms with Crippen molar-refractivity contribution in [3.05, 3.63) is 58.1 Å². The molecule has 1 saturated heterocycles. The van der Waals surface area contributed by atoms with E-state index in [0.717, 1.165) is 4.90 Å². The predicted molar refractivity (Wildman–Crippen MR) is 116 cm³/mol. The molecule has 3 rings (SSSR count). The smallest absolute Gasteiger partial charge is 0.274 e. The molecule has 1 aliphatic rings. The Morgan fingerprint density at radius 1 is 1.17 bits per heavy atom. The van der Waals surface area contributed by atoms with Gasteiger partial charge in [-0.25, -0.2) is 8.42 Å².